The van der Waals surface area contributed by atoms with Gasteiger partial charge in [-0.2, -0.15) is 5.10 Å². The Bertz CT molecular complexity index is 916. The van der Waals surface area contributed by atoms with Crippen molar-refractivity contribution in [1.82, 2.24) is 19.5 Å². The first-order chi connectivity index (χ1) is 11.1. The van der Waals surface area contributed by atoms with Crippen molar-refractivity contribution in [3.63, 3.8) is 0 Å². The molecule has 1 aromatic carbocycles. The van der Waals surface area contributed by atoms with Crippen LogP contribution in [0.1, 0.15) is 18.5 Å². The van der Waals surface area contributed by atoms with Crippen molar-refractivity contribution in [2.75, 3.05) is 0 Å². The number of amides is 1. The van der Waals surface area contributed by atoms with Gasteiger partial charge in [0, 0.05) is 12.7 Å². The average molecular weight is 314 g/mol. The van der Waals surface area contributed by atoms with Gasteiger partial charge >= 0.3 is 0 Å². The molecule has 23 heavy (non-hydrogen) atoms. The van der Waals surface area contributed by atoms with Gasteiger partial charge in [-0.05, 0) is 36.8 Å². The minimum absolute atomic E-state index is 0.184. The first-order valence-corrected chi connectivity index (χ1v) is 7.13. The lowest BCUT2D eigenvalue weighted by Gasteiger charge is -2.14. The molecule has 118 valence electrons. The summed E-state index contributed by atoms with van der Waals surface area (Å²) in [5, 5.41) is 6.70. The first kappa shape index (κ1) is 15.0. The molecule has 0 radical (unpaired) electrons. The van der Waals surface area contributed by atoms with Gasteiger partial charge in [-0.25, -0.2) is 9.07 Å². The molecule has 0 aliphatic rings. The van der Waals surface area contributed by atoms with Gasteiger partial charge in [-0.3, -0.25) is 9.59 Å². The number of aromatic nitrogens is 3. The summed E-state index contributed by atoms with van der Waals surface area (Å²) < 4.78 is 15.8. The third kappa shape index (κ3) is 2.98. The molecule has 1 unspecified atom stereocenters. The highest BCUT2D eigenvalue weighted by Crippen LogP contribution is 2.06. The van der Waals surface area contributed by atoms with Crippen LogP contribution in [-0.2, 0) is 11.3 Å². The molecule has 0 aliphatic carbocycles. The molecule has 0 saturated heterocycles. The van der Waals surface area contributed by atoms with Crippen molar-refractivity contribution in [2.24, 2.45) is 0 Å². The largest absolute Gasteiger partial charge is 0.350 e. The molecule has 1 N–H and O–H groups in total. The number of hydrogen-bond donors (Lipinski definition) is 1. The Kier molecular flexibility index (Phi) is 3.92. The number of nitrogens with zero attached hydrogens (tertiary/aromatic N) is 3. The molecular weight excluding hydrogens is 299 g/mol. The Hall–Kier alpha value is -2.96. The van der Waals surface area contributed by atoms with Crippen LogP contribution in [0, 0.1) is 5.82 Å². The zero-order valence-corrected chi connectivity index (χ0v) is 12.4. The quantitative estimate of drug-likeness (QED) is 0.794. The zero-order chi connectivity index (χ0) is 16.4. The Morgan fingerprint density at radius 1 is 1.35 bits per heavy atom. The zero-order valence-electron chi connectivity index (χ0n) is 12.4. The Labute approximate surface area is 131 Å². The third-order valence-electron chi connectivity index (χ3n) is 3.61. The highest BCUT2D eigenvalue weighted by molar-refractivity contribution is 5.79. The van der Waals surface area contributed by atoms with E-state index in [9.17, 15) is 14.0 Å². The van der Waals surface area contributed by atoms with Crippen molar-refractivity contribution in [3.05, 3.63) is 70.7 Å². The van der Waals surface area contributed by atoms with Crippen molar-refractivity contribution in [2.45, 2.75) is 19.5 Å². The van der Waals surface area contributed by atoms with Crippen molar-refractivity contribution in [1.29, 1.82) is 0 Å². The summed E-state index contributed by atoms with van der Waals surface area (Å²) in [5.74, 6) is -0.721. The van der Waals surface area contributed by atoms with Crippen molar-refractivity contribution < 1.29 is 9.18 Å². The average Bonchev–Trinajstić information content (AvgIpc) is 3.02. The Morgan fingerprint density at radius 3 is 2.96 bits per heavy atom. The smallest absolute Gasteiger partial charge is 0.291 e. The lowest BCUT2D eigenvalue weighted by atomic mass is 10.2. The molecule has 0 bridgehead atoms. The van der Waals surface area contributed by atoms with Gasteiger partial charge in [0.25, 0.3) is 5.56 Å². The number of nitrogens with one attached hydrogen (secondary N) is 1. The van der Waals surface area contributed by atoms with Crippen LogP contribution in [0.3, 0.4) is 0 Å². The number of carbonyl (C=O) groups is 1. The van der Waals surface area contributed by atoms with Crippen molar-refractivity contribution >= 4 is 11.4 Å². The van der Waals surface area contributed by atoms with E-state index >= 15 is 0 Å². The SMILES string of the molecule is CC(C(=O)NCc1cccc(F)c1)n1ncn2cccc2c1=O. The number of benzene rings is 1. The molecule has 6 nitrogen and oxygen atoms in total. The molecule has 1 amide bonds. The molecule has 3 aromatic rings. The van der Waals surface area contributed by atoms with Gasteiger partial charge in [0.1, 0.15) is 23.7 Å². The van der Waals surface area contributed by atoms with Crippen LogP contribution in [0.5, 0.6) is 0 Å². The lowest BCUT2D eigenvalue weighted by Crippen LogP contribution is -2.37. The summed E-state index contributed by atoms with van der Waals surface area (Å²) in [7, 11) is 0. The van der Waals surface area contributed by atoms with E-state index in [1.165, 1.54) is 18.5 Å². The summed E-state index contributed by atoms with van der Waals surface area (Å²) in [5.41, 5.74) is 0.753. The van der Waals surface area contributed by atoms with E-state index < -0.39 is 6.04 Å². The Morgan fingerprint density at radius 2 is 2.17 bits per heavy atom. The van der Waals surface area contributed by atoms with Gasteiger partial charge in [0.15, 0.2) is 0 Å². The van der Waals surface area contributed by atoms with Crippen LogP contribution >= 0.6 is 0 Å². The highest BCUT2D eigenvalue weighted by Gasteiger charge is 2.18. The molecule has 0 spiro atoms. The second-order valence-electron chi connectivity index (χ2n) is 5.21. The van der Waals surface area contributed by atoms with E-state index in [0.717, 1.165) is 4.68 Å². The van der Waals surface area contributed by atoms with E-state index in [1.54, 1.807) is 41.8 Å². The topological polar surface area (TPSA) is 68.4 Å². The van der Waals surface area contributed by atoms with E-state index in [-0.39, 0.29) is 23.8 Å². The summed E-state index contributed by atoms with van der Waals surface area (Å²) >= 11 is 0. The first-order valence-electron chi connectivity index (χ1n) is 7.13. The van der Waals surface area contributed by atoms with Crippen LogP contribution in [-0.4, -0.2) is 20.1 Å². The van der Waals surface area contributed by atoms with E-state index in [1.807, 2.05) is 0 Å². The summed E-state index contributed by atoms with van der Waals surface area (Å²) in [4.78, 5) is 24.5. The number of fused-ring (bicyclic) bond motifs is 1. The van der Waals surface area contributed by atoms with Gasteiger partial charge in [-0.1, -0.05) is 12.1 Å². The molecule has 0 saturated carbocycles. The number of hydrogen-bond acceptors (Lipinski definition) is 3. The lowest BCUT2D eigenvalue weighted by molar-refractivity contribution is -0.124. The van der Waals surface area contributed by atoms with Gasteiger partial charge in [0.2, 0.25) is 5.91 Å². The van der Waals surface area contributed by atoms with Crippen LogP contribution in [0.25, 0.3) is 5.52 Å². The highest BCUT2D eigenvalue weighted by atomic mass is 19.1. The summed E-state index contributed by atoms with van der Waals surface area (Å²) in [6, 6.07) is 8.61. The molecule has 3 rings (SSSR count). The van der Waals surface area contributed by atoms with Crippen LogP contribution in [0.15, 0.2) is 53.7 Å². The van der Waals surface area contributed by atoms with Crippen LogP contribution < -0.4 is 10.9 Å². The second-order valence-corrected chi connectivity index (χ2v) is 5.21. The van der Waals surface area contributed by atoms with Gasteiger partial charge in [-0.15, -0.1) is 0 Å². The number of halogens is 1. The van der Waals surface area contributed by atoms with Crippen molar-refractivity contribution in [3.8, 4) is 0 Å². The summed E-state index contributed by atoms with van der Waals surface area (Å²) in [6.07, 6.45) is 3.19. The van der Waals surface area contributed by atoms with Gasteiger partial charge in [0.05, 0.1) is 0 Å². The minimum atomic E-state index is -0.768. The molecule has 0 aliphatic heterocycles. The normalized spacial score (nSPS) is 12.3. The van der Waals surface area contributed by atoms with E-state index in [2.05, 4.69) is 10.4 Å². The molecule has 2 heterocycles. The fourth-order valence-corrected chi connectivity index (χ4v) is 2.33. The molecule has 0 fully saturated rings. The standard InChI is InChI=1S/C16H15FN4O2/c1-11(15(22)18-9-12-4-2-5-13(17)8-12)21-16(23)14-6-3-7-20(14)10-19-21/h2-8,10-11H,9H2,1H3,(H,18,22). The molecular formula is C16H15FN4O2. The van der Waals surface area contributed by atoms with E-state index in [0.29, 0.717) is 11.1 Å². The maximum atomic E-state index is 13.1. The summed E-state index contributed by atoms with van der Waals surface area (Å²) in [6.45, 7) is 1.78. The Balaban J connectivity index is 1.76. The van der Waals surface area contributed by atoms with Gasteiger partial charge < -0.3 is 9.72 Å². The predicted molar refractivity (Wildman–Crippen MR) is 82.4 cm³/mol. The number of rotatable bonds is 4. The number of carbonyl (C=O) groups excluding carboxylic acids is 1. The maximum absolute atomic E-state index is 13.1. The van der Waals surface area contributed by atoms with Crippen LogP contribution in [0.4, 0.5) is 4.39 Å². The van der Waals surface area contributed by atoms with Crippen LogP contribution in [0.2, 0.25) is 0 Å². The van der Waals surface area contributed by atoms with E-state index in [4.69, 9.17) is 0 Å². The molecule has 2 aromatic heterocycles. The third-order valence-corrected chi connectivity index (χ3v) is 3.61. The molecule has 7 heteroatoms. The fourth-order valence-electron chi connectivity index (χ4n) is 2.33. The monoisotopic (exact) mass is 314 g/mol. The molecule has 1 atom stereocenters. The minimum Gasteiger partial charge on any atom is -0.350 e. The maximum Gasteiger partial charge on any atom is 0.291 e. The predicted octanol–water partition coefficient (Wildman–Crippen LogP) is 1.51. The second kappa shape index (κ2) is 6.04. The fraction of sp³-hybridized carbons (Fsp3) is 0.188.